The SMILES string of the molecule is CS(=O)(=O)C1CCCN(C(=O)CS)C1. The molecule has 0 bridgehead atoms. The van der Waals surface area contributed by atoms with Gasteiger partial charge in [0, 0.05) is 19.3 Å². The minimum absolute atomic E-state index is 0.0818. The zero-order valence-electron chi connectivity index (χ0n) is 8.14. The van der Waals surface area contributed by atoms with Gasteiger partial charge in [-0.15, -0.1) is 0 Å². The molecule has 1 unspecified atom stereocenters. The van der Waals surface area contributed by atoms with Crippen molar-refractivity contribution in [3.8, 4) is 0 Å². The van der Waals surface area contributed by atoms with E-state index in [-0.39, 0.29) is 16.9 Å². The zero-order chi connectivity index (χ0) is 10.8. The van der Waals surface area contributed by atoms with Crippen molar-refractivity contribution < 1.29 is 13.2 Å². The van der Waals surface area contributed by atoms with Gasteiger partial charge in [-0.2, -0.15) is 12.6 Å². The Morgan fingerprint density at radius 3 is 2.71 bits per heavy atom. The first kappa shape index (κ1) is 11.8. The minimum atomic E-state index is -3.02. The number of piperidine rings is 1. The lowest BCUT2D eigenvalue weighted by molar-refractivity contribution is -0.129. The van der Waals surface area contributed by atoms with E-state index in [9.17, 15) is 13.2 Å². The lowest BCUT2D eigenvalue weighted by Gasteiger charge is -2.31. The Kier molecular flexibility index (Phi) is 3.83. The highest BCUT2D eigenvalue weighted by molar-refractivity contribution is 7.91. The number of sulfone groups is 1. The molecule has 82 valence electrons. The van der Waals surface area contributed by atoms with Crippen LogP contribution in [0.3, 0.4) is 0 Å². The summed E-state index contributed by atoms with van der Waals surface area (Å²) in [5.41, 5.74) is 0. The van der Waals surface area contributed by atoms with Crippen molar-refractivity contribution in [1.82, 2.24) is 4.90 Å². The lowest BCUT2D eigenvalue weighted by atomic mass is 10.1. The molecule has 0 aromatic carbocycles. The molecule has 0 aliphatic carbocycles. The van der Waals surface area contributed by atoms with Gasteiger partial charge in [0.05, 0.1) is 11.0 Å². The van der Waals surface area contributed by atoms with Gasteiger partial charge in [0.25, 0.3) is 0 Å². The molecular weight excluding hydrogens is 222 g/mol. The Balaban J connectivity index is 2.65. The van der Waals surface area contributed by atoms with Crippen molar-refractivity contribution in [3.05, 3.63) is 0 Å². The molecule has 0 N–H and O–H groups in total. The number of thiol groups is 1. The summed E-state index contributed by atoms with van der Waals surface area (Å²) in [5.74, 6) is 0.0675. The van der Waals surface area contributed by atoms with Crippen LogP contribution in [-0.4, -0.2) is 49.6 Å². The third-order valence-electron chi connectivity index (χ3n) is 2.47. The quantitative estimate of drug-likeness (QED) is 0.685. The molecule has 1 aliphatic heterocycles. The fraction of sp³-hybridized carbons (Fsp3) is 0.875. The smallest absolute Gasteiger partial charge is 0.232 e. The van der Waals surface area contributed by atoms with Gasteiger partial charge in [-0.1, -0.05) is 0 Å². The van der Waals surface area contributed by atoms with Crippen molar-refractivity contribution >= 4 is 28.4 Å². The van der Waals surface area contributed by atoms with Gasteiger partial charge in [-0.3, -0.25) is 4.79 Å². The second-order valence-electron chi connectivity index (χ2n) is 3.59. The van der Waals surface area contributed by atoms with Crippen LogP contribution >= 0.6 is 12.6 Å². The second kappa shape index (κ2) is 4.53. The van der Waals surface area contributed by atoms with Crippen LogP contribution < -0.4 is 0 Å². The molecule has 1 heterocycles. The maximum atomic E-state index is 11.3. The molecule has 0 aromatic heterocycles. The zero-order valence-corrected chi connectivity index (χ0v) is 9.85. The van der Waals surface area contributed by atoms with Crippen LogP contribution in [0.4, 0.5) is 0 Å². The standard InChI is InChI=1S/C8H15NO3S2/c1-14(11,12)7-3-2-4-9(5-7)8(10)6-13/h7,13H,2-6H2,1H3. The average Bonchev–Trinajstić information content (AvgIpc) is 2.15. The summed E-state index contributed by atoms with van der Waals surface area (Å²) in [6.07, 6.45) is 2.65. The molecule has 1 atom stereocenters. The molecule has 0 saturated carbocycles. The van der Waals surface area contributed by atoms with Gasteiger partial charge in [0.2, 0.25) is 5.91 Å². The molecule has 1 amide bonds. The first-order chi connectivity index (χ1) is 6.45. The van der Waals surface area contributed by atoms with Crippen LogP contribution in [0.15, 0.2) is 0 Å². The Bertz CT molecular complexity index is 313. The predicted molar refractivity (Wildman–Crippen MR) is 58.3 cm³/mol. The molecule has 1 saturated heterocycles. The topological polar surface area (TPSA) is 54.5 Å². The molecule has 0 radical (unpaired) electrons. The van der Waals surface area contributed by atoms with Crippen LogP contribution in [0.5, 0.6) is 0 Å². The average molecular weight is 237 g/mol. The summed E-state index contributed by atoms with van der Waals surface area (Å²) in [4.78, 5) is 12.9. The predicted octanol–water partition coefficient (Wildman–Crippen LogP) is -0.0482. The maximum absolute atomic E-state index is 11.3. The van der Waals surface area contributed by atoms with E-state index >= 15 is 0 Å². The van der Waals surface area contributed by atoms with E-state index in [1.54, 1.807) is 4.90 Å². The molecule has 0 aromatic rings. The molecule has 4 nitrogen and oxygen atoms in total. The van der Waals surface area contributed by atoms with E-state index in [0.29, 0.717) is 19.5 Å². The molecule has 14 heavy (non-hydrogen) atoms. The number of amides is 1. The van der Waals surface area contributed by atoms with Crippen LogP contribution in [0, 0.1) is 0 Å². The van der Waals surface area contributed by atoms with Crippen molar-refractivity contribution in [2.45, 2.75) is 18.1 Å². The Hall–Kier alpha value is -0.230. The number of likely N-dealkylation sites (tertiary alicyclic amines) is 1. The largest absolute Gasteiger partial charge is 0.341 e. The fourth-order valence-electron chi connectivity index (χ4n) is 1.61. The van der Waals surface area contributed by atoms with Crippen molar-refractivity contribution in [1.29, 1.82) is 0 Å². The highest BCUT2D eigenvalue weighted by atomic mass is 32.2. The van der Waals surface area contributed by atoms with Gasteiger partial charge in [0.15, 0.2) is 9.84 Å². The van der Waals surface area contributed by atoms with Gasteiger partial charge >= 0.3 is 0 Å². The van der Waals surface area contributed by atoms with Crippen LogP contribution in [0.25, 0.3) is 0 Å². The van der Waals surface area contributed by atoms with Crippen LogP contribution in [0.1, 0.15) is 12.8 Å². The fourth-order valence-corrected chi connectivity index (χ4v) is 2.86. The molecule has 6 heteroatoms. The number of carbonyl (C=O) groups excluding carboxylic acids is 1. The van der Waals surface area contributed by atoms with E-state index in [1.807, 2.05) is 0 Å². The first-order valence-electron chi connectivity index (χ1n) is 4.52. The number of rotatable bonds is 2. The number of carbonyl (C=O) groups is 1. The van der Waals surface area contributed by atoms with E-state index < -0.39 is 9.84 Å². The maximum Gasteiger partial charge on any atom is 0.232 e. The Morgan fingerprint density at radius 2 is 2.21 bits per heavy atom. The summed E-state index contributed by atoms with van der Waals surface area (Å²) < 4.78 is 22.6. The van der Waals surface area contributed by atoms with Crippen LogP contribution in [0.2, 0.25) is 0 Å². The molecule has 0 spiro atoms. The van der Waals surface area contributed by atoms with Crippen molar-refractivity contribution in [3.63, 3.8) is 0 Å². The normalized spacial score (nSPS) is 23.6. The van der Waals surface area contributed by atoms with E-state index in [0.717, 1.165) is 6.42 Å². The second-order valence-corrected chi connectivity index (χ2v) is 6.23. The van der Waals surface area contributed by atoms with Crippen molar-refractivity contribution in [2.24, 2.45) is 0 Å². The summed E-state index contributed by atoms with van der Waals surface area (Å²) in [7, 11) is -3.02. The third kappa shape index (κ3) is 2.88. The van der Waals surface area contributed by atoms with E-state index in [4.69, 9.17) is 0 Å². The highest BCUT2D eigenvalue weighted by Gasteiger charge is 2.29. The summed E-state index contributed by atoms with van der Waals surface area (Å²) >= 11 is 3.89. The summed E-state index contributed by atoms with van der Waals surface area (Å²) in [6.45, 7) is 0.990. The van der Waals surface area contributed by atoms with Gasteiger partial charge in [-0.05, 0) is 12.8 Å². The molecule has 1 rings (SSSR count). The van der Waals surface area contributed by atoms with Gasteiger partial charge < -0.3 is 4.90 Å². The highest BCUT2D eigenvalue weighted by Crippen LogP contribution is 2.16. The van der Waals surface area contributed by atoms with Crippen molar-refractivity contribution in [2.75, 3.05) is 25.1 Å². The Labute approximate surface area is 90.0 Å². The van der Waals surface area contributed by atoms with Gasteiger partial charge in [-0.25, -0.2) is 8.42 Å². The minimum Gasteiger partial charge on any atom is -0.341 e. The summed E-state index contributed by atoms with van der Waals surface area (Å²) in [5, 5.41) is -0.389. The number of hydrogen-bond donors (Lipinski definition) is 1. The molecule has 1 fully saturated rings. The molecular formula is C8H15NO3S2. The van der Waals surface area contributed by atoms with Gasteiger partial charge in [0.1, 0.15) is 0 Å². The number of hydrogen-bond acceptors (Lipinski definition) is 4. The summed E-state index contributed by atoms with van der Waals surface area (Å²) in [6, 6.07) is 0. The lowest BCUT2D eigenvalue weighted by Crippen LogP contribution is -2.45. The number of nitrogens with zero attached hydrogens (tertiary/aromatic N) is 1. The third-order valence-corrected chi connectivity index (χ3v) is 4.34. The van der Waals surface area contributed by atoms with E-state index in [2.05, 4.69) is 12.6 Å². The first-order valence-corrected chi connectivity index (χ1v) is 7.11. The van der Waals surface area contributed by atoms with E-state index in [1.165, 1.54) is 6.26 Å². The molecule has 1 aliphatic rings. The Morgan fingerprint density at radius 1 is 1.57 bits per heavy atom. The monoisotopic (exact) mass is 237 g/mol. The van der Waals surface area contributed by atoms with Crippen LogP contribution in [-0.2, 0) is 14.6 Å².